The lowest BCUT2D eigenvalue weighted by molar-refractivity contribution is -0.385. The minimum Gasteiger partial charge on any atom is -0.497 e. The summed E-state index contributed by atoms with van der Waals surface area (Å²) in [6, 6.07) is 20.4. The maximum absolute atomic E-state index is 14.3. The van der Waals surface area contributed by atoms with Gasteiger partial charge in [-0.15, -0.1) is 0 Å². The van der Waals surface area contributed by atoms with Crippen molar-refractivity contribution in [3.63, 3.8) is 0 Å². The molecule has 3 heterocycles. The number of para-hydroxylation sites is 1. The summed E-state index contributed by atoms with van der Waals surface area (Å²) in [4.78, 5) is 44.1. The second-order valence-electron chi connectivity index (χ2n) is 10.7. The first kappa shape index (κ1) is 32.1. The molecule has 1 aliphatic heterocycles. The number of nitro groups is 1. The van der Waals surface area contributed by atoms with Gasteiger partial charge in [0, 0.05) is 23.4 Å². The van der Waals surface area contributed by atoms with Crippen LogP contribution in [0.2, 0.25) is 0 Å². The van der Waals surface area contributed by atoms with Gasteiger partial charge in [0.2, 0.25) is 0 Å². The molecule has 0 aliphatic carbocycles. The molecule has 3 aromatic carbocycles. The van der Waals surface area contributed by atoms with Crippen LogP contribution in [-0.2, 0) is 9.53 Å². The minimum atomic E-state index is -0.798. The largest absolute Gasteiger partial charge is 0.497 e. The van der Waals surface area contributed by atoms with E-state index in [0.717, 1.165) is 5.69 Å². The van der Waals surface area contributed by atoms with E-state index in [0.29, 0.717) is 43.2 Å². The van der Waals surface area contributed by atoms with Gasteiger partial charge in [0.05, 0.1) is 52.8 Å². The van der Waals surface area contributed by atoms with Crippen LogP contribution in [-0.4, -0.2) is 45.6 Å². The number of aromatic nitrogens is 3. The summed E-state index contributed by atoms with van der Waals surface area (Å²) in [5.74, 6) is 0.217. The van der Waals surface area contributed by atoms with Crippen molar-refractivity contribution in [2.24, 2.45) is 4.99 Å². The maximum atomic E-state index is 14.3. The fourth-order valence-electron chi connectivity index (χ4n) is 5.55. The van der Waals surface area contributed by atoms with Gasteiger partial charge < -0.3 is 14.2 Å². The molecule has 1 aliphatic rings. The average molecular weight is 666 g/mol. The molecule has 5 aromatic rings. The number of nitro benzene ring substituents is 1. The molecule has 2 aromatic heterocycles. The molecule has 0 amide bonds. The summed E-state index contributed by atoms with van der Waals surface area (Å²) in [5.41, 5.74) is 3.02. The Morgan fingerprint density at radius 1 is 1.06 bits per heavy atom. The van der Waals surface area contributed by atoms with Crippen LogP contribution in [0.4, 0.5) is 5.69 Å². The normalized spacial score (nSPS) is 14.3. The predicted molar refractivity (Wildman–Crippen MR) is 180 cm³/mol. The molecule has 48 heavy (non-hydrogen) atoms. The number of hydrogen-bond donors (Lipinski definition) is 0. The highest BCUT2D eigenvalue weighted by atomic mass is 32.1. The van der Waals surface area contributed by atoms with Crippen LogP contribution in [0.25, 0.3) is 23.0 Å². The van der Waals surface area contributed by atoms with E-state index in [9.17, 15) is 19.7 Å². The minimum absolute atomic E-state index is 0.148. The Labute approximate surface area is 278 Å². The molecule has 1 atom stereocenters. The number of thiazole rings is 1. The van der Waals surface area contributed by atoms with Gasteiger partial charge in [-0.2, -0.15) is 5.10 Å². The molecule has 0 unspecified atom stereocenters. The van der Waals surface area contributed by atoms with Crippen molar-refractivity contribution in [3.8, 4) is 28.4 Å². The molecule has 0 spiro atoms. The first-order valence-electron chi connectivity index (χ1n) is 15.1. The molecule has 0 N–H and O–H groups in total. The van der Waals surface area contributed by atoms with E-state index in [4.69, 9.17) is 19.3 Å². The molecule has 0 saturated carbocycles. The topological polar surface area (TPSA) is 140 Å². The fraction of sp³-hybridized carbons (Fsp3) is 0.200. The first-order chi connectivity index (χ1) is 23.2. The van der Waals surface area contributed by atoms with Crippen LogP contribution < -0.4 is 24.4 Å². The smallest absolute Gasteiger partial charge is 0.338 e. The van der Waals surface area contributed by atoms with Crippen LogP contribution in [0.1, 0.15) is 37.9 Å². The number of nitrogens with zero attached hydrogens (tertiary/aromatic N) is 5. The zero-order valence-electron chi connectivity index (χ0n) is 26.6. The van der Waals surface area contributed by atoms with E-state index < -0.39 is 16.9 Å². The zero-order chi connectivity index (χ0) is 33.9. The average Bonchev–Trinajstić information content (AvgIpc) is 3.65. The van der Waals surface area contributed by atoms with Gasteiger partial charge in [0.1, 0.15) is 11.4 Å². The second kappa shape index (κ2) is 13.5. The SMILES string of the molecule is CCOC(=O)C1=C(C)N=c2s/c(=C\c3cn(-c4ccccc4)nc3-c3ccc(OCC)c([N+](=O)[O-])c3)c(=O)n2[C@@H]1c1ccc(OC)cc1. The molecule has 0 radical (unpaired) electrons. The molecule has 0 saturated heterocycles. The van der Waals surface area contributed by atoms with E-state index in [2.05, 4.69) is 4.99 Å². The highest BCUT2D eigenvalue weighted by Gasteiger charge is 2.33. The zero-order valence-corrected chi connectivity index (χ0v) is 27.4. The Morgan fingerprint density at radius 2 is 1.81 bits per heavy atom. The molecule has 244 valence electrons. The first-order valence-corrected chi connectivity index (χ1v) is 16.0. The lowest BCUT2D eigenvalue weighted by atomic mass is 9.96. The van der Waals surface area contributed by atoms with Crippen molar-refractivity contribution < 1.29 is 23.9 Å². The van der Waals surface area contributed by atoms with Gasteiger partial charge >= 0.3 is 11.7 Å². The molecule has 6 rings (SSSR count). The van der Waals surface area contributed by atoms with E-state index in [1.165, 1.54) is 22.0 Å². The molecule has 0 fully saturated rings. The van der Waals surface area contributed by atoms with Gasteiger partial charge in [0.15, 0.2) is 10.6 Å². The standard InChI is InChI=1S/C35H31N5O7S/c1-5-46-28-17-14-23(18-27(28)40(43)44)31-24(20-38(37-31)25-10-8-7-9-11-25)19-29-33(41)39-32(22-12-15-26(45-4)16-13-22)30(34(42)47-6-2)21(3)36-35(39)48-29/h7-20,32H,5-6H2,1-4H3/b29-19-/t32-/m1/s1. The second-order valence-corrected chi connectivity index (χ2v) is 11.7. The van der Waals surface area contributed by atoms with Crippen molar-refractivity contribution in [1.29, 1.82) is 0 Å². The Balaban J connectivity index is 1.56. The number of rotatable bonds is 10. The van der Waals surface area contributed by atoms with Crippen molar-refractivity contribution in [2.75, 3.05) is 20.3 Å². The third-order valence-electron chi connectivity index (χ3n) is 7.73. The number of esters is 1. The number of allylic oxidation sites excluding steroid dienone is 1. The lowest BCUT2D eigenvalue weighted by Crippen LogP contribution is -2.39. The van der Waals surface area contributed by atoms with E-state index in [-0.39, 0.29) is 35.8 Å². The molecular formula is C35H31N5O7S. The van der Waals surface area contributed by atoms with Gasteiger partial charge in [-0.3, -0.25) is 19.5 Å². The van der Waals surface area contributed by atoms with Gasteiger partial charge in [-0.1, -0.05) is 41.7 Å². The highest BCUT2D eigenvalue weighted by molar-refractivity contribution is 7.07. The molecule has 12 nitrogen and oxygen atoms in total. The van der Waals surface area contributed by atoms with E-state index >= 15 is 0 Å². The van der Waals surface area contributed by atoms with Gasteiger partial charge in [0.25, 0.3) is 5.56 Å². The fourth-order valence-corrected chi connectivity index (χ4v) is 6.59. The molecule has 13 heteroatoms. The summed E-state index contributed by atoms with van der Waals surface area (Å²) in [7, 11) is 1.56. The van der Waals surface area contributed by atoms with E-state index in [1.807, 2.05) is 30.3 Å². The Kier molecular flexibility index (Phi) is 9.04. The summed E-state index contributed by atoms with van der Waals surface area (Å²) in [6.07, 6.45) is 3.46. The Bertz CT molecular complexity index is 2240. The predicted octanol–water partition coefficient (Wildman–Crippen LogP) is 4.97. The number of carbonyl (C=O) groups is 1. The lowest BCUT2D eigenvalue weighted by Gasteiger charge is -2.24. The molecular weight excluding hydrogens is 634 g/mol. The highest BCUT2D eigenvalue weighted by Crippen LogP contribution is 2.34. The third-order valence-corrected chi connectivity index (χ3v) is 8.71. The summed E-state index contributed by atoms with van der Waals surface area (Å²) < 4.78 is 19.7. The summed E-state index contributed by atoms with van der Waals surface area (Å²) in [5, 5.41) is 16.8. The monoisotopic (exact) mass is 665 g/mol. The molecule has 0 bridgehead atoms. The Hall–Kier alpha value is -5.82. The van der Waals surface area contributed by atoms with Crippen LogP contribution in [0.15, 0.2) is 100 Å². The number of fused-ring (bicyclic) bond motifs is 1. The summed E-state index contributed by atoms with van der Waals surface area (Å²) >= 11 is 1.17. The van der Waals surface area contributed by atoms with Crippen molar-refractivity contribution in [1.82, 2.24) is 14.3 Å². The summed E-state index contributed by atoms with van der Waals surface area (Å²) in [6.45, 7) is 5.62. The third kappa shape index (κ3) is 6.02. The van der Waals surface area contributed by atoms with Crippen LogP contribution >= 0.6 is 11.3 Å². The van der Waals surface area contributed by atoms with E-state index in [1.54, 1.807) is 81.2 Å². The number of carbonyl (C=O) groups excluding carboxylic acids is 1. The number of hydrogen-bond acceptors (Lipinski definition) is 10. The number of benzene rings is 3. The Morgan fingerprint density at radius 3 is 2.48 bits per heavy atom. The van der Waals surface area contributed by atoms with Crippen LogP contribution in [0, 0.1) is 10.1 Å². The van der Waals surface area contributed by atoms with Crippen molar-refractivity contribution in [2.45, 2.75) is 26.8 Å². The maximum Gasteiger partial charge on any atom is 0.338 e. The van der Waals surface area contributed by atoms with Crippen LogP contribution in [0.3, 0.4) is 0 Å². The van der Waals surface area contributed by atoms with Gasteiger partial charge in [-0.05, 0) is 68.8 Å². The quantitative estimate of drug-likeness (QED) is 0.116. The van der Waals surface area contributed by atoms with Crippen molar-refractivity contribution >= 4 is 29.1 Å². The van der Waals surface area contributed by atoms with Crippen molar-refractivity contribution in [3.05, 3.63) is 131 Å². The van der Waals surface area contributed by atoms with Gasteiger partial charge in [-0.25, -0.2) is 14.5 Å². The number of ether oxygens (including phenoxy) is 3. The van der Waals surface area contributed by atoms with Crippen LogP contribution in [0.5, 0.6) is 11.5 Å². The number of methoxy groups -OCH3 is 1.